The van der Waals surface area contributed by atoms with Crippen molar-refractivity contribution in [3.63, 3.8) is 0 Å². The number of aryl methyl sites for hydroxylation is 2. The van der Waals surface area contributed by atoms with Gasteiger partial charge in [-0.25, -0.2) is 0 Å². The minimum atomic E-state index is 0.00667. The van der Waals surface area contributed by atoms with E-state index in [1.165, 1.54) is 5.56 Å². The van der Waals surface area contributed by atoms with Crippen LogP contribution in [-0.4, -0.2) is 35.0 Å². The molecule has 0 bridgehead atoms. The number of aromatic hydroxyl groups is 1. The quantitative estimate of drug-likeness (QED) is 0.495. The minimum Gasteiger partial charge on any atom is -0.508 e. The van der Waals surface area contributed by atoms with Gasteiger partial charge in [0.2, 0.25) is 0 Å². The number of pyridine rings is 1. The summed E-state index contributed by atoms with van der Waals surface area (Å²) >= 11 is 0. The van der Waals surface area contributed by atoms with Crippen LogP contribution in [0.5, 0.6) is 5.75 Å². The molecular weight excluding hydrogens is 396 g/mol. The van der Waals surface area contributed by atoms with Crippen molar-refractivity contribution >= 4 is 17.6 Å². The van der Waals surface area contributed by atoms with Gasteiger partial charge in [-0.3, -0.25) is 9.78 Å². The molecule has 0 aliphatic carbocycles. The van der Waals surface area contributed by atoms with Crippen molar-refractivity contribution in [3.8, 4) is 5.75 Å². The van der Waals surface area contributed by atoms with Gasteiger partial charge in [-0.15, -0.1) is 0 Å². The number of benzene rings is 2. The molecule has 1 atom stereocenters. The summed E-state index contributed by atoms with van der Waals surface area (Å²) in [5.74, 6) is 0.675. The van der Waals surface area contributed by atoms with E-state index < -0.39 is 0 Å². The van der Waals surface area contributed by atoms with Gasteiger partial charge in [-0.2, -0.15) is 0 Å². The molecule has 1 unspecified atom stereocenters. The van der Waals surface area contributed by atoms with E-state index >= 15 is 0 Å². The van der Waals surface area contributed by atoms with Crippen LogP contribution < -0.4 is 0 Å². The molecule has 0 saturated carbocycles. The highest BCUT2D eigenvalue weighted by Gasteiger charge is 2.10. The lowest BCUT2D eigenvalue weighted by Gasteiger charge is -2.13. The molecular formula is C28H32N2O2. The Labute approximate surface area is 191 Å². The van der Waals surface area contributed by atoms with Crippen LogP contribution in [0.1, 0.15) is 64.5 Å². The van der Waals surface area contributed by atoms with Gasteiger partial charge in [0, 0.05) is 31.5 Å². The Morgan fingerprint density at radius 3 is 2.41 bits per heavy atom. The van der Waals surface area contributed by atoms with Crippen LogP contribution in [0.25, 0.3) is 11.6 Å². The molecule has 0 aliphatic heterocycles. The van der Waals surface area contributed by atoms with Gasteiger partial charge < -0.3 is 10.0 Å². The van der Waals surface area contributed by atoms with Gasteiger partial charge in [0.25, 0.3) is 5.91 Å². The Morgan fingerprint density at radius 2 is 1.78 bits per heavy atom. The van der Waals surface area contributed by atoms with Crippen LogP contribution in [0.2, 0.25) is 0 Å². The fraction of sp³-hybridized carbons (Fsp3) is 0.286. The molecule has 4 nitrogen and oxygen atoms in total. The van der Waals surface area contributed by atoms with Crippen LogP contribution in [0.3, 0.4) is 0 Å². The second-order valence-electron chi connectivity index (χ2n) is 8.67. The number of hydrogen-bond donors (Lipinski definition) is 1. The summed E-state index contributed by atoms with van der Waals surface area (Å²) in [7, 11) is 3.52. The zero-order valence-electron chi connectivity index (χ0n) is 19.6. The summed E-state index contributed by atoms with van der Waals surface area (Å²) in [5, 5.41) is 9.69. The highest BCUT2D eigenvalue weighted by molar-refractivity contribution is 5.94. The number of carbonyl (C=O) groups is 1. The Bertz CT molecular complexity index is 1110. The van der Waals surface area contributed by atoms with E-state index in [0.717, 1.165) is 40.8 Å². The maximum atomic E-state index is 12.1. The molecule has 1 amide bonds. The maximum Gasteiger partial charge on any atom is 0.253 e. The second kappa shape index (κ2) is 10.3. The Hall–Kier alpha value is -3.40. The summed E-state index contributed by atoms with van der Waals surface area (Å²) in [4.78, 5) is 18.3. The average Bonchev–Trinajstić information content (AvgIpc) is 2.78. The molecule has 0 fully saturated rings. The third kappa shape index (κ3) is 5.85. The van der Waals surface area contributed by atoms with Crippen molar-refractivity contribution in [3.05, 3.63) is 94.3 Å². The monoisotopic (exact) mass is 428 g/mol. The Balaban J connectivity index is 1.68. The lowest BCUT2D eigenvalue weighted by Crippen LogP contribution is -2.21. The molecule has 0 saturated heterocycles. The largest absolute Gasteiger partial charge is 0.508 e. The molecule has 0 radical (unpaired) electrons. The molecule has 0 aliphatic rings. The average molecular weight is 429 g/mol. The first-order valence-corrected chi connectivity index (χ1v) is 11.0. The van der Waals surface area contributed by atoms with E-state index in [1.807, 2.05) is 42.6 Å². The Morgan fingerprint density at radius 1 is 1.09 bits per heavy atom. The number of phenols is 1. The lowest BCUT2D eigenvalue weighted by atomic mass is 9.94. The molecule has 3 aromatic rings. The van der Waals surface area contributed by atoms with Crippen LogP contribution in [-0.2, 0) is 6.42 Å². The van der Waals surface area contributed by atoms with E-state index in [0.29, 0.717) is 17.2 Å². The predicted molar refractivity (Wildman–Crippen MR) is 132 cm³/mol. The van der Waals surface area contributed by atoms with E-state index in [1.54, 1.807) is 25.1 Å². The van der Waals surface area contributed by atoms with Crippen molar-refractivity contribution in [2.24, 2.45) is 0 Å². The maximum absolute atomic E-state index is 12.1. The number of nitrogens with zero attached hydrogens (tertiary/aromatic N) is 2. The number of carbonyl (C=O) groups excluding carboxylic acids is 1. The van der Waals surface area contributed by atoms with Crippen molar-refractivity contribution in [1.82, 2.24) is 9.88 Å². The molecule has 3 rings (SSSR count). The van der Waals surface area contributed by atoms with Crippen molar-refractivity contribution in [1.29, 1.82) is 0 Å². The highest BCUT2D eigenvalue weighted by atomic mass is 16.3. The summed E-state index contributed by atoms with van der Waals surface area (Å²) in [6, 6.07) is 17.4. The summed E-state index contributed by atoms with van der Waals surface area (Å²) < 4.78 is 0. The normalized spacial score (nSPS) is 12.5. The molecule has 166 valence electrons. The third-order valence-electron chi connectivity index (χ3n) is 5.85. The molecule has 0 spiro atoms. The van der Waals surface area contributed by atoms with Crippen molar-refractivity contribution in [2.75, 3.05) is 14.1 Å². The number of aromatic nitrogens is 1. The van der Waals surface area contributed by atoms with Gasteiger partial charge in [-0.1, -0.05) is 31.2 Å². The number of hydrogen-bond acceptors (Lipinski definition) is 3. The summed E-state index contributed by atoms with van der Waals surface area (Å²) in [6.45, 7) is 6.37. The van der Waals surface area contributed by atoms with Gasteiger partial charge in [0.15, 0.2) is 0 Å². The third-order valence-corrected chi connectivity index (χ3v) is 5.85. The summed E-state index contributed by atoms with van der Waals surface area (Å²) in [5.41, 5.74) is 7.42. The SMILES string of the molecule is C/C(=C\c1cnc(CCC(C)c2cccc(O)c2)cc1C)c1ccc(C(=O)N(C)C)cc1. The van der Waals surface area contributed by atoms with Gasteiger partial charge in [0.05, 0.1) is 0 Å². The molecule has 1 heterocycles. The second-order valence-corrected chi connectivity index (χ2v) is 8.67. The van der Waals surface area contributed by atoms with Gasteiger partial charge in [0.1, 0.15) is 5.75 Å². The van der Waals surface area contributed by atoms with Crippen molar-refractivity contribution in [2.45, 2.75) is 39.5 Å². The van der Waals surface area contributed by atoms with E-state index in [4.69, 9.17) is 0 Å². The van der Waals surface area contributed by atoms with Crippen LogP contribution in [0.15, 0.2) is 60.8 Å². The highest BCUT2D eigenvalue weighted by Crippen LogP contribution is 2.25. The van der Waals surface area contributed by atoms with E-state index in [2.05, 4.69) is 44.0 Å². The number of rotatable bonds is 7. The smallest absolute Gasteiger partial charge is 0.253 e. The lowest BCUT2D eigenvalue weighted by molar-refractivity contribution is 0.0827. The zero-order chi connectivity index (χ0) is 23.3. The Kier molecular flexibility index (Phi) is 7.47. The van der Waals surface area contributed by atoms with Crippen LogP contribution in [0, 0.1) is 6.92 Å². The van der Waals surface area contributed by atoms with Crippen molar-refractivity contribution < 1.29 is 9.90 Å². The topological polar surface area (TPSA) is 53.4 Å². The zero-order valence-corrected chi connectivity index (χ0v) is 19.6. The molecule has 4 heteroatoms. The first kappa shape index (κ1) is 23.3. The van der Waals surface area contributed by atoms with Crippen LogP contribution in [0.4, 0.5) is 0 Å². The predicted octanol–water partition coefficient (Wildman–Crippen LogP) is 6.09. The minimum absolute atomic E-state index is 0.00667. The molecule has 2 aromatic carbocycles. The van der Waals surface area contributed by atoms with E-state index in [9.17, 15) is 9.90 Å². The molecule has 1 N–H and O–H groups in total. The standard InChI is InChI=1S/C28H32N2O2/c1-19(24-7-6-8-27(31)17-24)9-14-26-16-21(3)25(18-29-26)15-20(2)22-10-12-23(13-11-22)28(32)30(4)5/h6-8,10-13,15-19,31H,9,14H2,1-5H3/b20-15+. The van der Waals surface area contributed by atoms with Gasteiger partial charge >= 0.3 is 0 Å². The van der Waals surface area contributed by atoms with Gasteiger partial charge in [-0.05, 0) is 96.8 Å². The number of amides is 1. The number of allylic oxidation sites excluding steroid dienone is 1. The fourth-order valence-electron chi connectivity index (χ4n) is 3.73. The number of phenolic OH excluding ortho intramolecular Hbond substituents is 1. The molecule has 32 heavy (non-hydrogen) atoms. The fourth-order valence-corrected chi connectivity index (χ4v) is 3.73. The first-order valence-electron chi connectivity index (χ1n) is 11.0. The van der Waals surface area contributed by atoms with E-state index in [-0.39, 0.29) is 5.91 Å². The first-order chi connectivity index (χ1) is 15.2. The van der Waals surface area contributed by atoms with Crippen LogP contribution >= 0.6 is 0 Å². The molecule has 1 aromatic heterocycles. The summed E-state index contributed by atoms with van der Waals surface area (Å²) in [6.07, 6.45) is 5.95.